The highest BCUT2D eigenvalue weighted by Gasteiger charge is 2.46. The van der Waals surface area contributed by atoms with E-state index < -0.39 is 69.2 Å². The van der Waals surface area contributed by atoms with Crippen LogP contribution in [0.25, 0.3) is 0 Å². The number of amides is 1. The van der Waals surface area contributed by atoms with Crippen molar-refractivity contribution in [2.24, 2.45) is 0 Å². The molecule has 0 aliphatic carbocycles. The molecule has 1 amide bonds. The van der Waals surface area contributed by atoms with E-state index in [9.17, 15) is 54.0 Å². The molecule has 0 saturated heterocycles. The minimum Gasteiger partial charge on any atom is -0.480 e. The van der Waals surface area contributed by atoms with Crippen LogP contribution >= 0.6 is 7.60 Å². The number of aliphatic hydroxyl groups is 1. The first-order chi connectivity index (χ1) is 12.8. The lowest BCUT2D eigenvalue weighted by Gasteiger charge is -2.23. The van der Waals surface area contributed by atoms with Crippen LogP contribution in [0.5, 0.6) is 0 Å². The van der Waals surface area contributed by atoms with E-state index in [4.69, 9.17) is 0 Å². The highest BCUT2D eigenvalue weighted by Crippen LogP contribution is 2.58. The van der Waals surface area contributed by atoms with Gasteiger partial charge in [0.25, 0.3) is 11.9 Å². The molecule has 0 aromatic heterocycles. The maximum absolute atomic E-state index is 12.5. The normalized spacial score (nSPS) is 14.6. The molecule has 0 bridgehead atoms. The van der Waals surface area contributed by atoms with Gasteiger partial charge in [0.1, 0.15) is 0 Å². The van der Waals surface area contributed by atoms with Crippen LogP contribution in [-0.4, -0.2) is 55.4 Å². The molecule has 0 radical (unpaired) electrons. The van der Waals surface area contributed by atoms with Crippen LogP contribution < -0.4 is 5.32 Å². The molecule has 0 fully saturated rings. The van der Waals surface area contributed by atoms with Gasteiger partial charge in [0.15, 0.2) is 19.8 Å². The molecule has 0 aliphatic heterocycles. The Bertz CT molecular complexity index is 619. The van der Waals surface area contributed by atoms with Gasteiger partial charge in [-0.2, -0.15) is 39.5 Å². The van der Waals surface area contributed by atoms with E-state index in [-0.39, 0.29) is 0 Å². The lowest BCUT2D eigenvalue weighted by Crippen LogP contribution is -2.34. The predicted octanol–water partition coefficient (Wildman–Crippen LogP) is 4.17. The minimum atomic E-state index is -5.99. The summed E-state index contributed by atoms with van der Waals surface area (Å²) in [6.45, 7) is -4.92. The molecule has 7 nitrogen and oxygen atoms in total. The van der Waals surface area contributed by atoms with Gasteiger partial charge in [-0.05, 0) is 13.8 Å². The van der Waals surface area contributed by atoms with Crippen LogP contribution in [0.15, 0.2) is 11.3 Å². The molecule has 0 aromatic rings. The first-order valence-corrected chi connectivity index (χ1v) is 8.77. The number of carbonyl (C=O) groups excluding carboxylic acids is 1. The van der Waals surface area contributed by atoms with Gasteiger partial charge in [0.2, 0.25) is 5.31 Å². The summed E-state index contributed by atoms with van der Waals surface area (Å²) in [6.07, 6.45) is -15.7. The molecule has 0 spiro atoms. The van der Waals surface area contributed by atoms with Crippen molar-refractivity contribution < 1.29 is 67.8 Å². The molecule has 2 N–H and O–H groups in total. The summed E-state index contributed by atoms with van der Waals surface area (Å²) in [5, 5.41) is 9.36. The summed E-state index contributed by atoms with van der Waals surface area (Å²) >= 11 is 0. The third-order valence-corrected chi connectivity index (χ3v) is 4.16. The summed E-state index contributed by atoms with van der Waals surface area (Å²) < 4.78 is 135. The van der Waals surface area contributed by atoms with Gasteiger partial charge in [-0.25, -0.2) is 0 Å². The standard InChI is InChI=1S/C12H15F9NO6P/c1-6(2)22-8(23)7(9(24)26-3-10(13,14)15)29(25,27-4-11(16,17)18)28-5-12(19,20)21/h6,24H,3-5H2,1-2H3,(H,22,23)/b9-7-. The van der Waals surface area contributed by atoms with E-state index in [1.807, 2.05) is 5.32 Å². The van der Waals surface area contributed by atoms with Gasteiger partial charge in [0.05, 0.1) is 0 Å². The molecule has 172 valence electrons. The van der Waals surface area contributed by atoms with Crippen LogP contribution in [-0.2, 0) is 23.1 Å². The minimum absolute atomic E-state index is 0.911. The van der Waals surface area contributed by atoms with E-state index in [1.54, 1.807) is 0 Å². The van der Waals surface area contributed by atoms with Crippen molar-refractivity contribution in [3.63, 3.8) is 0 Å². The summed E-state index contributed by atoms with van der Waals surface area (Å²) in [7, 11) is -5.99. The van der Waals surface area contributed by atoms with Gasteiger partial charge in [-0.15, -0.1) is 0 Å². The number of ether oxygens (including phenoxy) is 1. The topological polar surface area (TPSA) is 94.1 Å². The van der Waals surface area contributed by atoms with Crippen molar-refractivity contribution in [3.05, 3.63) is 11.3 Å². The second kappa shape index (κ2) is 9.89. The Hall–Kier alpha value is -1.67. The summed E-state index contributed by atoms with van der Waals surface area (Å²) in [4.78, 5) is 12.0. The Balaban J connectivity index is 6.21. The first kappa shape index (κ1) is 27.3. The molecule has 0 saturated carbocycles. The molecular weight excluding hydrogens is 456 g/mol. The van der Waals surface area contributed by atoms with Gasteiger partial charge in [-0.3, -0.25) is 18.4 Å². The highest BCUT2D eigenvalue weighted by molar-refractivity contribution is 7.60. The van der Waals surface area contributed by atoms with Crippen molar-refractivity contribution in [2.75, 3.05) is 19.8 Å². The Kier molecular flexibility index (Phi) is 9.32. The molecule has 17 heteroatoms. The Morgan fingerprint density at radius 2 is 1.28 bits per heavy atom. The average molecular weight is 471 g/mol. The maximum atomic E-state index is 12.5. The average Bonchev–Trinajstić information content (AvgIpc) is 2.46. The number of aliphatic hydroxyl groups excluding tert-OH is 1. The lowest BCUT2D eigenvalue weighted by atomic mass is 10.4. The number of halogens is 9. The van der Waals surface area contributed by atoms with E-state index in [2.05, 4.69) is 13.8 Å². The van der Waals surface area contributed by atoms with Crippen LogP contribution in [0.3, 0.4) is 0 Å². The fraction of sp³-hybridized carbons (Fsp3) is 0.750. The molecule has 0 rings (SSSR count). The highest BCUT2D eigenvalue weighted by atomic mass is 31.2. The van der Waals surface area contributed by atoms with Crippen LogP contribution in [0.2, 0.25) is 0 Å². The lowest BCUT2D eigenvalue weighted by molar-refractivity contribution is -0.174. The third kappa shape index (κ3) is 11.8. The molecule has 0 atom stereocenters. The van der Waals surface area contributed by atoms with Gasteiger partial charge < -0.3 is 15.2 Å². The third-order valence-electron chi connectivity index (χ3n) is 2.28. The zero-order valence-corrected chi connectivity index (χ0v) is 15.4. The molecule has 0 aliphatic rings. The Morgan fingerprint density at radius 3 is 1.59 bits per heavy atom. The summed E-state index contributed by atoms with van der Waals surface area (Å²) in [5.41, 5.74) is 0. The van der Waals surface area contributed by atoms with E-state index in [0.29, 0.717) is 0 Å². The molecule has 0 aromatic carbocycles. The Labute approximate surface area is 157 Å². The molecule has 0 unspecified atom stereocenters. The van der Waals surface area contributed by atoms with E-state index >= 15 is 0 Å². The monoisotopic (exact) mass is 471 g/mol. The molecule has 29 heavy (non-hydrogen) atoms. The first-order valence-electron chi connectivity index (χ1n) is 7.22. The van der Waals surface area contributed by atoms with Crippen LogP contribution in [0.4, 0.5) is 39.5 Å². The SMILES string of the molecule is CC(C)NC(=O)/C(=C(\O)OCC(F)(F)F)P(=O)(OCC(F)(F)F)OCC(F)(F)F. The number of alkyl halides is 9. The Morgan fingerprint density at radius 1 is 0.897 bits per heavy atom. The molecule has 0 heterocycles. The quantitative estimate of drug-likeness (QED) is 0.227. The predicted molar refractivity (Wildman–Crippen MR) is 76.6 cm³/mol. The van der Waals surface area contributed by atoms with Crippen molar-refractivity contribution in [3.8, 4) is 0 Å². The summed E-state index contributed by atoms with van der Waals surface area (Å²) in [6, 6.07) is -0.911. The van der Waals surface area contributed by atoms with E-state index in [0.717, 1.165) is 0 Å². The van der Waals surface area contributed by atoms with E-state index in [1.165, 1.54) is 13.8 Å². The van der Waals surface area contributed by atoms with Crippen molar-refractivity contribution >= 4 is 13.5 Å². The van der Waals surface area contributed by atoms with Crippen molar-refractivity contribution in [1.29, 1.82) is 0 Å². The maximum Gasteiger partial charge on any atom is 0.422 e. The largest absolute Gasteiger partial charge is 0.480 e. The van der Waals surface area contributed by atoms with Gasteiger partial charge in [-0.1, -0.05) is 0 Å². The second-order valence-corrected chi connectivity index (χ2v) is 7.42. The molecular formula is C12H15F9NO6P. The zero-order valence-electron chi connectivity index (χ0n) is 14.5. The van der Waals surface area contributed by atoms with Crippen molar-refractivity contribution in [1.82, 2.24) is 5.32 Å². The number of nitrogens with one attached hydrogen (secondary N) is 1. The number of hydrogen-bond donors (Lipinski definition) is 2. The fourth-order valence-electron chi connectivity index (χ4n) is 1.37. The van der Waals surface area contributed by atoms with Crippen LogP contribution in [0.1, 0.15) is 13.8 Å². The number of hydrogen-bond acceptors (Lipinski definition) is 6. The van der Waals surface area contributed by atoms with Gasteiger partial charge in [0, 0.05) is 6.04 Å². The smallest absolute Gasteiger partial charge is 0.422 e. The van der Waals surface area contributed by atoms with Crippen molar-refractivity contribution in [2.45, 2.75) is 38.4 Å². The van der Waals surface area contributed by atoms with Crippen LogP contribution in [0, 0.1) is 0 Å². The number of rotatable bonds is 9. The number of carbonyl (C=O) groups is 1. The second-order valence-electron chi connectivity index (χ2n) is 5.46. The summed E-state index contributed by atoms with van der Waals surface area (Å²) in [5.74, 6) is -4.03. The fourth-order valence-corrected chi connectivity index (χ4v) is 2.95. The zero-order chi connectivity index (χ0) is 23.3. The van der Waals surface area contributed by atoms with Gasteiger partial charge >= 0.3 is 26.1 Å².